The smallest absolute Gasteiger partial charge is 0.113 e. The molecule has 0 saturated carbocycles. The number of ether oxygens (including phenoxy) is 1. The monoisotopic (exact) mass is 378 g/mol. The molecule has 0 aromatic rings. The fourth-order valence-corrected chi connectivity index (χ4v) is 6.12. The van der Waals surface area contributed by atoms with Gasteiger partial charge < -0.3 is 4.74 Å². The molecule has 0 N–H and O–H groups in total. The summed E-state index contributed by atoms with van der Waals surface area (Å²) >= 11 is 0. The van der Waals surface area contributed by atoms with E-state index >= 15 is 0 Å². The van der Waals surface area contributed by atoms with Crippen LogP contribution in [0.2, 0.25) is 0 Å². The highest BCUT2D eigenvalue weighted by Crippen LogP contribution is 2.64. The van der Waals surface area contributed by atoms with Crippen LogP contribution in [-0.4, -0.2) is 6.10 Å². The van der Waals surface area contributed by atoms with Crippen molar-refractivity contribution in [1.29, 1.82) is 0 Å². The van der Waals surface area contributed by atoms with Gasteiger partial charge in [-0.25, -0.2) is 0 Å². The van der Waals surface area contributed by atoms with E-state index in [-0.39, 0.29) is 27.8 Å². The van der Waals surface area contributed by atoms with Crippen molar-refractivity contribution in [3.05, 3.63) is 11.3 Å². The zero-order valence-electron chi connectivity index (χ0n) is 20.8. The average molecular weight is 379 g/mol. The largest absolute Gasteiger partial charge is 0.493 e. The van der Waals surface area contributed by atoms with Gasteiger partial charge in [0, 0.05) is 17.3 Å². The first-order valence-electron chi connectivity index (χ1n) is 11.8. The van der Waals surface area contributed by atoms with Crippen LogP contribution in [0.25, 0.3) is 0 Å². The fraction of sp³-hybridized carbons (Fsp3) is 0.923. The van der Waals surface area contributed by atoms with Crippen molar-refractivity contribution in [1.82, 2.24) is 0 Å². The van der Waals surface area contributed by atoms with Gasteiger partial charge in [-0.2, -0.15) is 0 Å². The Kier molecular flexibility index (Phi) is 7.74. The van der Waals surface area contributed by atoms with E-state index in [1.54, 1.807) is 5.57 Å². The van der Waals surface area contributed by atoms with E-state index in [9.17, 15) is 0 Å². The number of hydrogen-bond acceptors (Lipinski definition) is 1. The molecule has 1 aliphatic rings. The van der Waals surface area contributed by atoms with E-state index in [2.05, 4.69) is 83.1 Å². The van der Waals surface area contributed by atoms with Gasteiger partial charge in [-0.3, -0.25) is 0 Å². The van der Waals surface area contributed by atoms with Gasteiger partial charge in [-0.05, 0) is 35.2 Å². The average Bonchev–Trinajstić information content (AvgIpc) is 2.99. The maximum Gasteiger partial charge on any atom is 0.113 e. The van der Waals surface area contributed by atoms with Crippen LogP contribution >= 0.6 is 0 Å². The second kappa shape index (κ2) is 8.50. The highest BCUT2D eigenvalue weighted by atomic mass is 16.5. The first-order valence-corrected chi connectivity index (χ1v) is 11.8. The summed E-state index contributed by atoms with van der Waals surface area (Å²) in [5.74, 6) is 1.92. The summed E-state index contributed by atoms with van der Waals surface area (Å²) in [5.41, 5.74) is 2.32. The summed E-state index contributed by atoms with van der Waals surface area (Å²) in [6, 6.07) is 0. The third-order valence-electron chi connectivity index (χ3n) is 9.35. The van der Waals surface area contributed by atoms with Crippen LogP contribution in [0.1, 0.15) is 122 Å². The van der Waals surface area contributed by atoms with Crippen molar-refractivity contribution >= 4 is 0 Å². The lowest BCUT2D eigenvalue weighted by Crippen LogP contribution is -2.56. The summed E-state index contributed by atoms with van der Waals surface area (Å²) in [7, 11) is 0. The Morgan fingerprint density at radius 2 is 1.44 bits per heavy atom. The fourth-order valence-electron chi connectivity index (χ4n) is 6.12. The lowest BCUT2D eigenvalue weighted by atomic mass is 9.48. The quantitative estimate of drug-likeness (QED) is 0.369. The molecule has 0 aromatic heterocycles. The molecule has 1 rings (SSSR count). The molecule has 0 saturated heterocycles. The Bertz CT molecular complexity index is 524. The zero-order chi connectivity index (χ0) is 21.3. The molecule has 0 aromatic carbocycles. The molecule has 0 amide bonds. The third kappa shape index (κ3) is 3.62. The second-order valence-electron chi connectivity index (χ2n) is 10.5. The molecule has 1 heteroatoms. The van der Waals surface area contributed by atoms with Gasteiger partial charge in [0.25, 0.3) is 0 Å². The van der Waals surface area contributed by atoms with Crippen molar-refractivity contribution < 1.29 is 4.74 Å². The minimum atomic E-state index is 0.106. The van der Waals surface area contributed by atoms with Crippen molar-refractivity contribution in [2.75, 3.05) is 0 Å². The van der Waals surface area contributed by atoms with E-state index in [0.29, 0.717) is 5.92 Å². The molecule has 160 valence electrons. The Balaban J connectivity index is 3.73. The standard InChI is InChI=1S/C26H50O/c1-13-19(7)26(12,24(10,16-4)17-5)22-25(11,18-6)21(20(14-2)27-22)23(8,9)15-3/h19,22H,13-18H2,1-12H3. The molecule has 0 spiro atoms. The predicted octanol–water partition coefficient (Wildman–Crippen LogP) is 8.78. The van der Waals surface area contributed by atoms with Crippen LogP contribution in [0.4, 0.5) is 0 Å². The number of allylic oxidation sites excluding steroid dienone is 1. The van der Waals surface area contributed by atoms with Crippen LogP contribution in [0, 0.1) is 27.6 Å². The minimum absolute atomic E-state index is 0.106. The molecule has 4 unspecified atom stereocenters. The number of rotatable bonds is 10. The van der Waals surface area contributed by atoms with Crippen LogP contribution < -0.4 is 0 Å². The topological polar surface area (TPSA) is 9.23 Å². The molecule has 27 heavy (non-hydrogen) atoms. The molecule has 1 heterocycles. The lowest BCUT2D eigenvalue weighted by molar-refractivity contribution is -0.139. The maximum absolute atomic E-state index is 7.04. The maximum atomic E-state index is 7.04. The van der Waals surface area contributed by atoms with Crippen molar-refractivity contribution in [3.63, 3.8) is 0 Å². The molecule has 0 bridgehead atoms. The summed E-state index contributed by atoms with van der Waals surface area (Å²) in [5, 5.41) is 0. The van der Waals surface area contributed by atoms with Crippen molar-refractivity contribution in [2.24, 2.45) is 27.6 Å². The summed E-state index contributed by atoms with van der Waals surface area (Å²) in [6.45, 7) is 29.0. The molecule has 1 aliphatic heterocycles. The van der Waals surface area contributed by atoms with Gasteiger partial charge in [-0.15, -0.1) is 0 Å². The SMILES string of the molecule is CCC1=C(C(C)(C)CC)C(C)(CC)C(C(C)(C(C)CC)C(C)(CC)CC)O1. The van der Waals surface area contributed by atoms with Gasteiger partial charge in [0.2, 0.25) is 0 Å². The summed E-state index contributed by atoms with van der Waals surface area (Å²) in [6.07, 6.45) is 7.20. The summed E-state index contributed by atoms with van der Waals surface area (Å²) < 4.78 is 7.04. The number of hydrogen-bond donors (Lipinski definition) is 0. The van der Waals surface area contributed by atoms with E-state index in [1.165, 1.54) is 25.0 Å². The first-order chi connectivity index (χ1) is 12.4. The minimum Gasteiger partial charge on any atom is -0.493 e. The van der Waals surface area contributed by atoms with E-state index in [4.69, 9.17) is 4.74 Å². The van der Waals surface area contributed by atoms with Gasteiger partial charge >= 0.3 is 0 Å². The van der Waals surface area contributed by atoms with Crippen LogP contribution in [-0.2, 0) is 4.74 Å². The zero-order valence-corrected chi connectivity index (χ0v) is 20.8. The van der Waals surface area contributed by atoms with Gasteiger partial charge in [0.1, 0.15) is 6.10 Å². The van der Waals surface area contributed by atoms with Crippen LogP contribution in [0.15, 0.2) is 11.3 Å². The predicted molar refractivity (Wildman–Crippen MR) is 121 cm³/mol. The Hall–Kier alpha value is -0.460. The Morgan fingerprint density at radius 1 is 0.926 bits per heavy atom. The van der Waals surface area contributed by atoms with Crippen molar-refractivity contribution in [3.8, 4) is 0 Å². The summed E-state index contributed by atoms with van der Waals surface area (Å²) in [4.78, 5) is 0. The molecule has 0 radical (unpaired) electrons. The van der Waals surface area contributed by atoms with E-state index < -0.39 is 0 Å². The second-order valence-corrected chi connectivity index (χ2v) is 10.5. The Labute approximate surface area is 171 Å². The van der Waals surface area contributed by atoms with Crippen LogP contribution in [0.5, 0.6) is 0 Å². The van der Waals surface area contributed by atoms with Gasteiger partial charge in [0.15, 0.2) is 0 Å². The molecule has 0 fully saturated rings. The van der Waals surface area contributed by atoms with Crippen LogP contribution in [0.3, 0.4) is 0 Å². The third-order valence-corrected chi connectivity index (χ3v) is 9.35. The Morgan fingerprint density at radius 3 is 1.78 bits per heavy atom. The van der Waals surface area contributed by atoms with E-state index in [0.717, 1.165) is 19.3 Å². The highest BCUT2D eigenvalue weighted by Gasteiger charge is 2.62. The first kappa shape index (κ1) is 24.6. The molecule has 0 aliphatic carbocycles. The lowest BCUT2D eigenvalue weighted by Gasteiger charge is -2.57. The molecule has 1 nitrogen and oxygen atoms in total. The molecule has 4 atom stereocenters. The van der Waals surface area contributed by atoms with Gasteiger partial charge in [0.05, 0.1) is 5.76 Å². The van der Waals surface area contributed by atoms with Crippen molar-refractivity contribution in [2.45, 2.75) is 128 Å². The highest BCUT2D eigenvalue weighted by molar-refractivity contribution is 5.33. The normalized spacial score (nSPS) is 27.5. The molecular weight excluding hydrogens is 328 g/mol. The molecular formula is C26H50O. The van der Waals surface area contributed by atoms with E-state index in [1.807, 2.05) is 0 Å². The van der Waals surface area contributed by atoms with Gasteiger partial charge in [-0.1, -0.05) is 102 Å².